The first kappa shape index (κ1) is 13.8. The van der Waals surface area contributed by atoms with Gasteiger partial charge in [-0.15, -0.1) is 0 Å². The Labute approximate surface area is 113 Å². The van der Waals surface area contributed by atoms with Crippen LogP contribution in [0.25, 0.3) is 0 Å². The third-order valence-electron chi connectivity index (χ3n) is 2.68. The molecule has 0 heterocycles. The van der Waals surface area contributed by atoms with E-state index in [2.05, 4.69) is 5.32 Å². The standard InChI is InChI=1S/C14H11F2NO3/c15-10-2-3-11(16)9(5-10)7-17-14(20)8-1-4-12(18)13(19)6-8/h1-6,18-19H,7H2,(H,17,20). The minimum atomic E-state index is -0.625. The molecule has 20 heavy (non-hydrogen) atoms. The van der Waals surface area contributed by atoms with Gasteiger partial charge in [0.05, 0.1) is 0 Å². The molecular weight excluding hydrogens is 268 g/mol. The van der Waals surface area contributed by atoms with Crippen LogP contribution in [0.15, 0.2) is 36.4 Å². The topological polar surface area (TPSA) is 69.6 Å². The lowest BCUT2D eigenvalue weighted by Crippen LogP contribution is -2.23. The molecule has 0 spiro atoms. The van der Waals surface area contributed by atoms with Gasteiger partial charge >= 0.3 is 0 Å². The molecule has 0 atom stereocenters. The molecule has 3 N–H and O–H groups in total. The van der Waals surface area contributed by atoms with Crippen LogP contribution < -0.4 is 5.32 Å². The zero-order valence-corrected chi connectivity index (χ0v) is 10.2. The predicted molar refractivity (Wildman–Crippen MR) is 67.3 cm³/mol. The lowest BCUT2D eigenvalue weighted by atomic mass is 10.1. The van der Waals surface area contributed by atoms with Crippen LogP contribution in [0.5, 0.6) is 11.5 Å². The average Bonchev–Trinajstić information content (AvgIpc) is 2.42. The Morgan fingerprint density at radius 1 is 1.05 bits per heavy atom. The lowest BCUT2D eigenvalue weighted by Gasteiger charge is -2.07. The summed E-state index contributed by atoms with van der Waals surface area (Å²) in [5.74, 6) is -2.59. The highest BCUT2D eigenvalue weighted by Crippen LogP contribution is 2.24. The molecule has 2 aromatic carbocycles. The van der Waals surface area contributed by atoms with E-state index in [9.17, 15) is 18.7 Å². The molecule has 0 aliphatic rings. The largest absolute Gasteiger partial charge is 0.504 e. The van der Waals surface area contributed by atoms with Gasteiger partial charge < -0.3 is 15.5 Å². The first-order chi connectivity index (χ1) is 9.47. The third kappa shape index (κ3) is 3.03. The zero-order valence-electron chi connectivity index (χ0n) is 10.2. The van der Waals surface area contributed by atoms with Crippen molar-refractivity contribution < 1.29 is 23.8 Å². The van der Waals surface area contributed by atoms with Crippen molar-refractivity contribution in [3.05, 3.63) is 59.2 Å². The van der Waals surface area contributed by atoms with Crippen molar-refractivity contribution >= 4 is 5.91 Å². The van der Waals surface area contributed by atoms with Crippen molar-refractivity contribution in [1.29, 1.82) is 0 Å². The number of hydrogen-bond acceptors (Lipinski definition) is 3. The number of nitrogens with one attached hydrogen (secondary N) is 1. The van der Waals surface area contributed by atoms with Crippen LogP contribution in [0.4, 0.5) is 8.78 Å². The minimum Gasteiger partial charge on any atom is -0.504 e. The highest BCUT2D eigenvalue weighted by Gasteiger charge is 2.10. The Kier molecular flexibility index (Phi) is 3.84. The second-order valence-corrected chi connectivity index (χ2v) is 4.12. The molecule has 0 unspecified atom stereocenters. The maximum absolute atomic E-state index is 13.3. The van der Waals surface area contributed by atoms with E-state index in [1.807, 2.05) is 0 Å². The first-order valence-corrected chi connectivity index (χ1v) is 5.71. The summed E-state index contributed by atoms with van der Waals surface area (Å²) >= 11 is 0. The number of phenolic OH excluding ortho intramolecular Hbond substituents is 2. The average molecular weight is 279 g/mol. The van der Waals surface area contributed by atoms with Crippen molar-refractivity contribution in [2.45, 2.75) is 6.54 Å². The summed E-state index contributed by atoms with van der Waals surface area (Å²) in [4.78, 5) is 11.8. The Morgan fingerprint density at radius 3 is 2.50 bits per heavy atom. The van der Waals surface area contributed by atoms with Crippen LogP contribution in [0, 0.1) is 11.6 Å². The Bertz CT molecular complexity index is 659. The number of hydrogen-bond donors (Lipinski definition) is 3. The summed E-state index contributed by atoms with van der Waals surface area (Å²) in [6.45, 7) is -0.190. The molecular formula is C14H11F2NO3. The summed E-state index contributed by atoms with van der Waals surface area (Å²) in [5.41, 5.74) is 0.110. The number of benzene rings is 2. The molecule has 0 saturated heterocycles. The van der Waals surface area contributed by atoms with E-state index in [0.717, 1.165) is 30.3 Å². The van der Waals surface area contributed by atoms with Crippen molar-refractivity contribution in [3.63, 3.8) is 0 Å². The van der Waals surface area contributed by atoms with E-state index in [-0.39, 0.29) is 23.4 Å². The van der Waals surface area contributed by atoms with E-state index >= 15 is 0 Å². The SMILES string of the molecule is O=C(NCc1cc(F)ccc1F)c1ccc(O)c(O)c1. The fraction of sp³-hybridized carbons (Fsp3) is 0.0714. The monoisotopic (exact) mass is 279 g/mol. The summed E-state index contributed by atoms with van der Waals surface area (Å²) in [5, 5.41) is 20.8. The highest BCUT2D eigenvalue weighted by atomic mass is 19.1. The summed E-state index contributed by atoms with van der Waals surface area (Å²) in [7, 11) is 0. The quantitative estimate of drug-likeness (QED) is 0.755. The Balaban J connectivity index is 2.08. The number of amides is 1. The Morgan fingerprint density at radius 2 is 1.80 bits per heavy atom. The van der Waals surface area contributed by atoms with Crippen molar-refractivity contribution in [2.75, 3.05) is 0 Å². The normalized spacial score (nSPS) is 10.3. The number of carbonyl (C=O) groups excluding carboxylic acids is 1. The molecule has 2 aromatic rings. The molecule has 104 valence electrons. The van der Waals surface area contributed by atoms with Crippen LogP contribution in [-0.4, -0.2) is 16.1 Å². The smallest absolute Gasteiger partial charge is 0.251 e. The van der Waals surface area contributed by atoms with Gasteiger partial charge in [0.25, 0.3) is 5.91 Å². The van der Waals surface area contributed by atoms with Gasteiger partial charge in [-0.25, -0.2) is 8.78 Å². The van der Waals surface area contributed by atoms with Crippen LogP contribution in [0.3, 0.4) is 0 Å². The van der Waals surface area contributed by atoms with Crippen molar-refractivity contribution in [2.24, 2.45) is 0 Å². The van der Waals surface area contributed by atoms with E-state index in [1.54, 1.807) is 0 Å². The fourth-order valence-electron chi connectivity index (χ4n) is 1.62. The number of carbonyl (C=O) groups is 1. The lowest BCUT2D eigenvalue weighted by molar-refractivity contribution is 0.0950. The van der Waals surface area contributed by atoms with Crippen LogP contribution in [0.1, 0.15) is 15.9 Å². The van der Waals surface area contributed by atoms with Gasteiger partial charge in [-0.1, -0.05) is 0 Å². The summed E-state index contributed by atoms with van der Waals surface area (Å²) in [6.07, 6.45) is 0. The molecule has 0 radical (unpaired) electrons. The van der Waals surface area contributed by atoms with Gasteiger partial charge in [-0.05, 0) is 36.4 Å². The van der Waals surface area contributed by atoms with Gasteiger partial charge in [0.15, 0.2) is 11.5 Å². The van der Waals surface area contributed by atoms with Gasteiger partial charge in [0.2, 0.25) is 0 Å². The number of aromatic hydroxyl groups is 2. The molecule has 0 bridgehead atoms. The summed E-state index contributed by atoms with van der Waals surface area (Å²) < 4.78 is 26.3. The molecule has 6 heteroatoms. The van der Waals surface area contributed by atoms with Crippen molar-refractivity contribution in [1.82, 2.24) is 5.32 Å². The minimum absolute atomic E-state index is 0.0151. The Hall–Kier alpha value is -2.63. The fourth-order valence-corrected chi connectivity index (χ4v) is 1.62. The maximum atomic E-state index is 13.3. The van der Waals surface area contributed by atoms with Gasteiger partial charge in [-0.2, -0.15) is 0 Å². The van der Waals surface area contributed by atoms with Gasteiger partial charge in [0, 0.05) is 17.7 Å². The number of phenols is 2. The zero-order chi connectivity index (χ0) is 14.7. The van der Waals surface area contributed by atoms with E-state index in [0.29, 0.717) is 0 Å². The molecule has 2 rings (SSSR count). The van der Waals surface area contributed by atoms with Crippen LogP contribution in [0.2, 0.25) is 0 Å². The number of rotatable bonds is 3. The summed E-state index contributed by atoms with van der Waals surface area (Å²) in [6, 6.07) is 6.48. The predicted octanol–water partition coefficient (Wildman–Crippen LogP) is 2.31. The molecule has 0 saturated carbocycles. The van der Waals surface area contributed by atoms with Gasteiger partial charge in [-0.3, -0.25) is 4.79 Å². The van der Waals surface area contributed by atoms with Crippen LogP contribution >= 0.6 is 0 Å². The second kappa shape index (κ2) is 5.56. The van der Waals surface area contributed by atoms with Crippen molar-refractivity contribution in [3.8, 4) is 11.5 Å². The molecule has 4 nitrogen and oxygen atoms in total. The van der Waals surface area contributed by atoms with E-state index < -0.39 is 23.3 Å². The van der Waals surface area contributed by atoms with E-state index in [1.165, 1.54) is 6.07 Å². The molecule has 0 fully saturated rings. The molecule has 1 amide bonds. The van der Waals surface area contributed by atoms with Gasteiger partial charge in [0.1, 0.15) is 11.6 Å². The van der Waals surface area contributed by atoms with Crippen LogP contribution in [-0.2, 0) is 6.54 Å². The maximum Gasteiger partial charge on any atom is 0.251 e. The first-order valence-electron chi connectivity index (χ1n) is 5.71. The third-order valence-corrected chi connectivity index (χ3v) is 2.68. The molecule has 0 aliphatic heterocycles. The number of halogens is 2. The molecule has 0 aliphatic carbocycles. The second-order valence-electron chi connectivity index (χ2n) is 4.12. The van der Waals surface area contributed by atoms with E-state index in [4.69, 9.17) is 5.11 Å². The molecule has 0 aromatic heterocycles. The highest BCUT2D eigenvalue weighted by molar-refractivity contribution is 5.94.